The first-order chi connectivity index (χ1) is 14.8. The molecular formula is C22H25ClN4O3S. The molecule has 1 aliphatic rings. The van der Waals surface area contributed by atoms with Gasteiger partial charge in [0.2, 0.25) is 6.17 Å². The van der Waals surface area contributed by atoms with E-state index in [1.165, 1.54) is 0 Å². The molecule has 164 valence electrons. The van der Waals surface area contributed by atoms with Crippen molar-refractivity contribution in [3.05, 3.63) is 64.7 Å². The smallest absolute Gasteiger partial charge is 0.272 e. The van der Waals surface area contributed by atoms with Crippen LogP contribution in [0.1, 0.15) is 11.1 Å². The fraction of sp³-hybridized carbons (Fsp3) is 0.318. The third-order valence-corrected chi connectivity index (χ3v) is 5.67. The van der Waals surface area contributed by atoms with Gasteiger partial charge in [0.05, 0.1) is 17.9 Å². The summed E-state index contributed by atoms with van der Waals surface area (Å²) in [6.45, 7) is 0.390. The SMILES string of the molecule is COC(CN(C)C(=S)NC1N=C(c2ccccc2)c2cc(Cl)ccc2N(C)C1=O)OC. The summed E-state index contributed by atoms with van der Waals surface area (Å²) < 4.78 is 10.5. The molecule has 0 bridgehead atoms. The maximum atomic E-state index is 13.3. The molecule has 0 radical (unpaired) electrons. The van der Waals surface area contributed by atoms with Gasteiger partial charge >= 0.3 is 0 Å². The summed E-state index contributed by atoms with van der Waals surface area (Å²) >= 11 is 11.8. The number of benzodiazepines with no additional fused rings is 1. The summed E-state index contributed by atoms with van der Waals surface area (Å²) in [4.78, 5) is 21.3. The quantitative estimate of drug-likeness (QED) is 0.528. The largest absolute Gasteiger partial charge is 0.354 e. The first-order valence-electron chi connectivity index (χ1n) is 9.63. The molecule has 1 amide bonds. The lowest BCUT2D eigenvalue weighted by Gasteiger charge is -2.27. The Hall–Kier alpha value is -2.52. The number of carbonyl (C=O) groups is 1. The molecule has 0 spiro atoms. The van der Waals surface area contributed by atoms with Crippen molar-refractivity contribution in [2.75, 3.05) is 39.8 Å². The maximum absolute atomic E-state index is 13.3. The third-order valence-electron chi connectivity index (χ3n) is 5.00. The predicted molar refractivity (Wildman–Crippen MR) is 127 cm³/mol. The highest BCUT2D eigenvalue weighted by Crippen LogP contribution is 2.29. The van der Waals surface area contributed by atoms with Crippen molar-refractivity contribution in [1.29, 1.82) is 0 Å². The van der Waals surface area contributed by atoms with Gasteiger partial charge in [0.25, 0.3) is 5.91 Å². The molecule has 1 heterocycles. The van der Waals surface area contributed by atoms with Gasteiger partial charge in [-0.1, -0.05) is 41.9 Å². The minimum Gasteiger partial charge on any atom is -0.354 e. The molecule has 0 aliphatic carbocycles. The number of thiocarbonyl (C=S) groups is 1. The number of carbonyl (C=O) groups excluding carboxylic acids is 1. The van der Waals surface area contributed by atoms with E-state index in [-0.39, 0.29) is 5.91 Å². The first-order valence-corrected chi connectivity index (χ1v) is 10.4. The molecular weight excluding hydrogens is 436 g/mol. The molecule has 1 N–H and O–H groups in total. The van der Waals surface area contributed by atoms with Gasteiger partial charge in [-0.25, -0.2) is 4.99 Å². The maximum Gasteiger partial charge on any atom is 0.272 e. The summed E-state index contributed by atoms with van der Waals surface area (Å²) in [5.41, 5.74) is 3.03. The lowest BCUT2D eigenvalue weighted by atomic mass is 10.0. The predicted octanol–water partition coefficient (Wildman–Crippen LogP) is 2.91. The monoisotopic (exact) mass is 460 g/mol. The number of likely N-dealkylation sites (N-methyl/N-ethyl adjacent to an activating group) is 2. The Balaban J connectivity index is 1.98. The van der Waals surface area contributed by atoms with Gasteiger partial charge in [-0.15, -0.1) is 0 Å². The Morgan fingerprint density at radius 1 is 1.26 bits per heavy atom. The fourth-order valence-corrected chi connectivity index (χ4v) is 3.60. The average Bonchev–Trinajstić information content (AvgIpc) is 2.88. The van der Waals surface area contributed by atoms with Crippen molar-refractivity contribution < 1.29 is 14.3 Å². The summed E-state index contributed by atoms with van der Waals surface area (Å²) in [5.74, 6) is -0.236. The van der Waals surface area contributed by atoms with Crippen LogP contribution in [0.25, 0.3) is 0 Å². The van der Waals surface area contributed by atoms with E-state index in [4.69, 9.17) is 38.3 Å². The van der Waals surface area contributed by atoms with E-state index in [1.807, 2.05) is 42.5 Å². The molecule has 0 saturated carbocycles. The summed E-state index contributed by atoms with van der Waals surface area (Å²) in [5, 5.41) is 3.99. The average molecular weight is 461 g/mol. The molecule has 31 heavy (non-hydrogen) atoms. The number of ether oxygens (including phenoxy) is 2. The number of nitrogens with zero attached hydrogens (tertiary/aromatic N) is 3. The van der Waals surface area contributed by atoms with Gasteiger partial charge < -0.3 is 24.6 Å². The van der Waals surface area contributed by atoms with E-state index in [0.29, 0.717) is 22.4 Å². The standard InChI is InChI=1S/C22H25ClN4O3S/c1-26(13-18(29-3)30-4)22(31)25-20-21(28)27(2)17-11-10-15(23)12-16(17)19(24-20)14-8-6-5-7-9-14/h5-12,18,20H,13H2,1-4H3,(H,25,31). The molecule has 0 saturated heterocycles. The third kappa shape index (κ3) is 5.22. The fourth-order valence-electron chi connectivity index (χ4n) is 3.25. The number of hydrogen-bond donors (Lipinski definition) is 1. The van der Waals surface area contributed by atoms with Crippen LogP contribution < -0.4 is 10.2 Å². The summed E-state index contributed by atoms with van der Waals surface area (Å²) in [6.07, 6.45) is -1.36. The van der Waals surface area contributed by atoms with Crippen LogP contribution in [-0.2, 0) is 14.3 Å². The number of hydrogen-bond acceptors (Lipinski definition) is 5. The second-order valence-corrected chi connectivity index (χ2v) is 7.86. The van der Waals surface area contributed by atoms with Crippen molar-refractivity contribution in [2.24, 2.45) is 4.99 Å². The summed E-state index contributed by atoms with van der Waals surface area (Å²) in [7, 11) is 6.62. The van der Waals surface area contributed by atoms with Crippen LogP contribution in [0.5, 0.6) is 0 Å². The van der Waals surface area contributed by atoms with Gasteiger partial charge in [-0.2, -0.15) is 0 Å². The number of methoxy groups -OCH3 is 2. The minimum absolute atomic E-state index is 0.236. The van der Waals surface area contributed by atoms with Crippen LogP contribution in [-0.4, -0.2) is 68.9 Å². The van der Waals surface area contributed by atoms with E-state index in [2.05, 4.69) is 5.32 Å². The molecule has 1 atom stereocenters. The van der Waals surface area contributed by atoms with Crippen molar-refractivity contribution in [3.8, 4) is 0 Å². The normalized spacial score (nSPS) is 15.9. The van der Waals surface area contributed by atoms with Crippen LogP contribution in [0.15, 0.2) is 53.5 Å². The number of amides is 1. The van der Waals surface area contributed by atoms with Crippen LogP contribution in [0, 0.1) is 0 Å². The number of fused-ring (bicyclic) bond motifs is 1. The zero-order valence-corrected chi connectivity index (χ0v) is 19.4. The number of halogens is 1. The molecule has 9 heteroatoms. The Morgan fingerprint density at radius 3 is 2.58 bits per heavy atom. The van der Waals surface area contributed by atoms with Gasteiger partial charge in [0.1, 0.15) is 0 Å². The van der Waals surface area contributed by atoms with Crippen LogP contribution >= 0.6 is 23.8 Å². The second kappa shape index (κ2) is 10.2. The Labute approximate surface area is 192 Å². The lowest BCUT2D eigenvalue weighted by Crippen LogP contribution is -2.51. The van der Waals surface area contributed by atoms with Crippen molar-refractivity contribution in [3.63, 3.8) is 0 Å². The highest BCUT2D eigenvalue weighted by Gasteiger charge is 2.31. The molecule has 2 aromatic carbocycles. The van der Waals surface area contributed by atoms with Gasteiger partial charge in [0, 0.05) is 44.5 Å². The van der Waals surface area contributed by atoms with E-state index in [9.17, 15) is 4.79 Å². The lowest BCUT2D eigenvalue weighted by molar-refractivity contribution is -0.119. The zero-order chi connectivity index (χ0) is 22.5. The summed E-state index contributed by atoms with van der Waals surface area (Å²) in [6, 6.07) is 15.1. The Morgan fingerprint density at radius 2 is 1.94 bits per heavy atom. The van der Waals surface area contributed by atoms with Crippen molar-refractivity contribution >= 4 is 46.2 Å². The van der Waals surface area contributed by atoms with Crippen LogP contribution in [0.3, 0.4) is 0 Å². The van der Waals surface area contributed by atoms with E-state index in [1.54, 1.807) is 44.2 Å². The molecule has 1 unspecified atom stereocenters. The van der Waals surface area contributed by atoms with Crippen molar-refractivity contribution in [1.82, 2.24) is 10.2 Å². The molecule has 0 aromatic heterocycles. The van der Waals surface area contributed by atoms with Gasteiger partial charge in [0.15, 0.2) is 11.4 Å². The Kier molecular flexibility index (Phi) is 7.61. The number of nitrogens with one attached hydrogen (secondary N) is 1. The molecule has 0 fully saturated rings. The number of aliphatic imine (C=N–C) groups is 1. The molecule has 7 nitrogen and oxygen atoms in total. The topological polar surface area (TPSA) is 66.4 Å². The van der Waals surface area contributed by atoms with Gasteiger partial charge in [-0.3, -0.25) is 4.79 Å². The molecule has 3 rings (SSSR count). The minimum atomic E-state index is -0.912. The van der Waals surface area contributed by atoms with E-state index >= 15 is 0 Å². The first kappa shape index (κ1) is 23.1. The highest BCUT2D eigenvalue weighted by molar-refractivity contribution is 7.80. The van der Waals surface area contributed by atoms with E-state index < -0.39 is 12.5 Å². The molecule has 2 aromatic rings. The van der Waals surface area contributed by atoms with Crippen LogP contribution in [0.4, 0.5) is 5.69 Å². The Bertz CT molecular complexity index is 982. The van der Waals surface area contributed by atoms with Crippen LogP contribution in [0.2, 0.25) is 5.02 Å². The second-order valence-electron chi connectivity index (χ2n) is 7.04. The van der Waals surface area contributed by atoms with E-state index in [0.717, 1.165) is 16.8 Å². The zero-order valence-electron chi connectivity index (χ0n) is 17.8. The highest BCUT2D eigenvalue weighted by atomic mass is 35.5. The number of benzene rings is 2. The number of anilines is 1. The molecule has 1 aliphatic heterocycles. The van der Waals surface area contributed by atoms with Gasteiger partial charge in [-0.05, 0) is 30.4 Å². The number of rotatable bonds is 6. The van der Waals surface area contributed by atoms with Crippen molar-refractivity contribution in [2.45, 2.75) is 12.5 Å².